The fraction of sp³-hybridized carbons (Fsp3) is 0.722. The number of aliphatic carboxylic acids is 1. The van der Waals surface area contributed by atoms with Crippen molar-refractivity contribution < 1.29 is 9.90 Å². The standard InChI is InChI=1S/C18H30O2/c19-18(20)16-10-8-6-4-2-1-3-5-7-9-13-17-14-11-12-15-17/h6,8,11,14,17H,1-5,7,9-10,12-13,15-16H2,(H,19,20)/b8-6+. The number of carboxylic acids is 1. The Balaban J connectivity index is 1.76. The molecule has 1 unspecified atom stereocenters. The van der Waals surface area contributed by atoms with Crippen LogP contribution in [-0.4, -0.2) is 11.1 Å². The molecule has 1 aliphatic carbocycles. The summed E-state index contributed by atoms with van der Waals surface area (Å²) in [5.74, 6) is 0.175. The van der Waals surface area contributed by atoms with Gasteiger partial charge in [-0.15, -0.1) is 0 Å². The Morgan fingerprint density at radius 2 is 1.75 bits per heavy atom. The van der Waals surface area contributed by atoms with Crippen molar-refractivity contribution in [3.63, 3.8) is 0 Å². The molecule has 2 heteroatoms. The molecule has 1 rings (SSSR count). The highest BCUT2D eigenvalue weighted by Crippen LogP contribution is 2.23. The monoisotopic (exact) mass is 278 g/mol. The minimum atomic E-state index is -0.706. The predicted octanol–water partition coefficient (Wildman–Crippen LogP) is 5.49. The Morgan fingerprint density at radius 1 is 1.05 bits per heavy atom. The number of unbranched alkanes of at least 4 members (excludes halogenated alkanes) is 6. The first kappa shape index (κ1) is 17.0. The van der Waals surface area contributed by atoms with Crippen molar-refractivity contribution in [2.24, 2.45) is 5.92 Å². The molecule has 0 radical (unpaired) electrons. The Bertz CT molecular complexity index is 305. The molecule has 1 atom stereocenters. The van der Waals surface area contributed by atoms with Crippen molar-refractivity contribution in [3.05, 3.63) is 24.3 Å². The molecule has 0 heterocycles. The molecule has 0 aliphatic heterocycles. The molecule has 20 heavy (non-hydrogen) atoms. The molecule has 0 aromatic heterocycles. The Morgan fingerprint density at radius 3 is 2.45 bits per heavy atom. The molecular weight excluding hydrogens is 248 g/mol. The second-order valence-corrected chi connectivity index (χ2v) is 5.87. The first-order valence-electron chi connectivity index (χ1n) is 8.32. The zero-order chi connectivity index (χ0) is 14.5. The summed E-state index contributed by atoms with van der Waals surface area (Å²) in [5, 5.41) is 8.49. The van der Waals surface area contributed by atoms with Crippen molar-refractivity contribution in [3.8, 4) is 0 Å². The van der Waals surface area contributed by atoms with Gasteiger partial charge in [-0.1, -0.05) is 56.4 Å². The number of rotatable bonds is 12. The highest BCUT2D eigenvalue weighted by atomic mass is 16.4. The first-order valence-corrected chi connectivity index (χ1v) is 8.32. The summed E-state index contributed by atoms with van der Waals surface area (Å²) in [7, 11) is 0. The van der Waals surface area contributed by atoms with Gasteiger partial charge in [0.2, 0.25) is 0 Å². The van der Waals surface area contributed by atoms with Gasteiger partial charge in [0.25, 0.3) is 0 Å². The molecule has 0 fully saturated rings. The zero-order valence-electron chi connectivity index (χ0n) is 12.7. The fourth-order valence-electron chi connectivity index (χ4n) is 2.75. The lowest BCUT2D eigenvalue weighted by Crippen LogP contribution is -1.91. The summed E-state index contributed by atoms with van der Waals surface area (Å²) in [6.45, 7) is 0. The molecular formula is C18H30O2. The highest BCUT2D eigenvalue weighted by Gasteiger charge is 2.07. The van der Waals surface area contributed by atoms with E-state index in [1.54, 1.807) is 0 Å². The van der Waals surface area contributed by atoms with Crippen molar-refractivity contribution in [1.82, 2.24) is 0 Å². The maximum absolute atomic E-state index is 10.3. The molecule has 0 bridgehead atoms. The van der Waals surface area contributed by atoms with E-state index in [-0.39, 0.29) is 6.42 Å². The van der Waals surface area contributed by atoms with Crippen LogP contribution in [0.15, 0.2) is 24.3 Å². The third-order valence-electron chi connectivity index (χ3n) is 4.00. The normalized spacial score (nSPS) is 18.1. The molecule has 0 amide bonds. The number of carboxylic acid groups (broad SMARTS) is 1. The summed E-state index contributed by atoms with van der Waals surface area (Å²) in [6.07, 6.45) is 23.0. The van der Waals surface area contributed by atoms with E-state index in [0.717, 1.165) is 12.3 Å². The van der Waals surface area contributed by atoms with Crippen LogP contribution in [0.25, 0.3) is 0 Å². The Labute approximate surface area is 124 Å². The van der Waals surface area contributed by atoms with Crippen LogP contribution in [0.4, 0.5) is 0 Å². The third-order valence-corrected chi connectivity index (χ3v) is 4.00. The van der Waals surface area contributed by atoms with Crippen molar-refractivity contribution in [2.75, 3.05) is 0 Å². The second-order valence-electron chi connectivity index (χ2n) is 5.87. The summed E-state index contributed by atoms with van der Waals surface area (Å²) in [5.41, 5.74) is 0. The number of hydrogen-bond acceptors (Lipinski definition) is 1. The van der Waals surface area contributed by atoms with Crippen LogP contribution in [0.5, 0.6) is 0 Å². The minimum absolute atomic E-state index is 0.257. The zero-order valence-corrected chi connectivity index (χ0v) is 12.7. The van der Waals surface area contributed by atoms with Gasteiger partial charge < -0.3 is 5.11 Å². The molecule has 1 N–H and O–H groups in total. The average Bonchev–Trinajstić information content (AvgIpc) is 2.93. The minimum Gasteiger partial charge on any atom is -0.481 e. The predicted molar refractivity (Wildman–Crippen MR) is 84.8 cm³/mol. The van der Waals surface area contributed by atoms with E-state index in [2.05, 4.69) is 18.2 Å². The van der Waals surface area contributed by atoms with E-state index in [4.69, 9.17) is 5.11 Å². The van der Waals surface area contributed by atoms with E-state index >= 15 is 0 Å². The molecule has 0 aromatic rings. The van der Waals surface area contributed by atoms with Crippen molar-refractivity contribution in [1.29, 1.82) is 0 Å². The maximum Gasteiger partial charge on any atom is 0.303 e. The van der Waals surface area contributed by atoms with Crippen LogP contribution in [0.1, 0.15) is 77.0 Å². The van der Waals surface area contributed by atoms with Crippen LogP contribution in [0.2, 0.25) is 0 Å². The molecule has 0 saturated carbocycles. The highest BCUT2D eigenvalue weighted by molar-refractivity contribution is 5.66. The lowest BCUT2D eigenvalue weighted by molar-refractivity contribution is -0.136. The summed E-state index contributed by atoms with van der Waals surface area (Å²) in [4.78, 5) is 10.3. The van der Waals surface area contributed by atoms with E-state index in [9.17, 15) is 4.79 Å². The number of carbonyl (C=O) groups is 1. The molecule has 0 aromatic carbocycles. The van der Waals surface area contributed by atoms with Gasteiger partial charge in [0, 0.05) is 6.42 Å². The lowest BCUT2D eigenvalue weighted by atomic mass is 10.00. The van der Waals surface area contributed by atoms with Crippen LogP contribution in [0.3, 0.4) is 0 Å². The maximum atomic E-state index is 10.3. The molecule has 0 saturated heterocycles. The number of hydrogen-bond donors (Lipinski definition) is 1. The third kappa shape index (κ3) is 9.82. The molecule has 2 nitrogen and oxygen atoms in total. The fourth-order valence-corrected chi connectivity index (χ4v) is 2.75. The number of allylic oxidation sites excluding steroid dienone is 4. The van der Waals surface area contributed by atoms with Crippen LogP contribution in [-0.2, 0) is 4.79 Å². The second kappa shape index (κ2) is 11.7. The topological polar surface area (TPSA) is 37.3 Å². The van der Waals surface area contributed by atoms with Crippen molar-refractivity contribution >= 4 is 5.97 Å². The van der Waals surface area contributed by atoms with Gasteiger partial charge in [-0.3, -0.25) is 4.79 Å². The smallest absolute Gasteiger partial charge is 0.303 e. The van der Waals surface area contributed by atoms with Gasteiger partial charge in [0.15, 0.2) is 0 Å². The molecule has 1 aliphatic rings. The average molecular weight is 278 g/mol. The van der Waals surface area contributed by atoms with E-state index in [1.165, 1.54) is 57.8 Å². The van der Waals surface area contributed by atoms with Gasteiger partial charge in [0.05, 0.1) is 0 Å². The van der Waals surface area contributed by atoms with Gasteiger partial charge >= 0.3 is 5.97 Å². The lowest BCUT2D eigenvalue weighted by Gasteiger charge is -2.06. The van der Waals surface area contributed by atoms with E-state index in [1.807, 2.05) is 6.08 Å². The summed E-state index contributed by atoms with van der Waals surface area (Å²) in [6, 6.07) is 0. The molecule has 114 valence electrons. The van der Waals surface area contributed by atoms with Gasteiger partial charge in [-0.05, 0) is 44.4 Å². The van der Waals surface area contributed by atoms with Gasteiger partial charge in [-0.25, -0.2) is 0 Å². The Kier molecular flexibility index (Phi) is 9.99. The molecule has 0 spiro atoms. The van der Waals surface area contributed by atoms with Gasteiger partial charge in [0.1, 0.15) is 0 Å². The first-order chi connectivity index (χ1) is 9.79. The Hall–Kier alpha value is -1.05. The quantitative estimate of drug-likeness (QED) is 0.378. The largest absolute Gasteiger partial charge is 0.481 e. The van der Waals surface area contributed by atoms with Gasteiger partial charge in [-0.2, -0.15) is 0 Å². The summed E-state index contributed by atoms with van der Waals surface area (Å²) < 4.78 is 0. The van der Waals surface area contributed by atoms with Crippen molar-refractivity contribution in [2.45, 2.75) is 77.0 Å². The SMILES string of the molecule is O=C(O)CC/C=C/CCCCCCCCC1C=CCC1. The van der Waals surface area contributed by atoms with E-state index in [0.29, 0.717) is 6.42 Å². The van der Waals surface area contributed by atoms with E-state index < -0.39 is 5.97 Å². The van der Waals surface area contributed by atoms with Crippen LogP contribution in [0, 0.1) is 5.92 Å². The van der Waals surface area contributed by atoms with Crippen LogP contribution >= 0.6 is 0 Å². The van der Waals surface area contributed by atoms with Crippen LogP contribution < -0.4 is 0 Å². The summed E-state index contributed by atoms with van der Waals surface area (Å²) >= 11 is 0.